The van der Waals surface area contributed by atoms with E-state index in [2.05, 4.69) is 33.8 Å². The van der Waals surface area contributed by atoms with Crippen molar-refractivity contribution in [3.63, 3.8) is 0 Å². The van der Waals surface area contributed by atoms with E-state index in [9.17, 15) is 9.59 Å². The van der Waals surface area contributed by atoms with E-state index in [-0.39, 0.29) is 11.8 Å². The summed E-state index contributed by atoms with van der Waals surface area (Å²) >= 11 is 1.47. The van der Waals surface area contributed by atoms with Crippen molar-refractivity contribution in [3.8, 4) is 0 Å². The Balaban J connectivity index is 1.38. The molecule has 3 heterocycles. The lowest BCUT2D eigenvalue weighted by molar-refractivity contribution is 0.0930. The van der Waals surface area contributed by atoms with Crippen LogP contribution in [0.2, 0.25) is 0 Å². The van der Waals surface area contributed by atoms with Gasteiger partial charge in [-0.15, -0.1) is 11.3 Å². The van der Waals surface area contributed by atoms with Crippen LogP contribution in [0.5, 0.6) is 0 Å². The number of nitrogens with zero attached hydrogens (tertiary/aromatic N) is 2. The van der Waals surface area contributed by atoms with Crippen LogP contribution in [-0.2, 0) is 6.42 Å². The summed E-state index contributed by atoms with van der Waals surface area (Å²) in [6, 6.07) is 5.73. The van der Waals surface area contributed by atoms with Gasteiger partial charge in [-0.1, -0.05) is 18.1 Å². The minimum Gasteiger partial charge on any atom is -0.361 e. The summed E-state index contributed by atoms with van der Waals surface area (Å²) in [4.78, 5) is 31.0. The minimum atomic E-state index is -0.176. The van der Waals surface area contributed by atoms with Crippen LogP contribution in [0.3, 0.4) is 0 Å². The Kier molecular flexibility index (Phi) is 6.65. The first-order valence-corrected chi connectivity index (χ1v) is 11.8. The van der Waals surface area contributed by atoms with E-state index in [1.54, 1.807) is 19.3 Å². The fourth-order valence-electron chi connectivity index (χ4n) is 4.41. The zero-order chi connectivity index (χ0) is 21.8. The second-order valence-electron chi connectivity index (χ2n) is 8.14. The van der Waals surface area contributed by atoms with Crippen LogP contribution < -0.4 is 10.6 Å². The fraction of sp³-hybridized carbons (Fsp3) is 0.478. The fourth-order valence-corrected chi connectivity index (χ4v) is 5.58. The molecule has 0 atom stereocenters. The normalized spacial score (nSPS) is 18.8. The molecule has 0 radical (unpaired) electrons. The number of fused-ring (bicyclic) bond motifs is 1. The van der Waals surface area contributed by atoms with E-state index in [1.165, 1.54) is 11.3 Å². The summed E-state index contributed by atoms with van der Waals surface area (Å²) in [5.41, 5.74) is 1.49. The average Bonchev–Trinajstić information content (AvgIpc) is 3.42. The molecule has 0 aromatic carbocycles. The Morgan fingerprint density at radius 2 is 2.03 bits per heavy atom. The van der Waals surface area contributed by atoms with Crippen molar-refractivity contribution in [2.75, 3.05) is 13.6 Å². The van der Waals surface area contributed by atoms with Crippen molar-refractivity contribution in [1.29, 1.82) is 0 Å². The van der Waals surface area contributed by atoms with Crippen LogP contribution in [0.15, 0.2) is 28.9 Å². The lowest BCUT2D eigenvalue weighted by Crippen LogP contribution is -2.31. The van der Waals surface area contributed by atoms with E-state index in [4.69, 9.17) is 4.52 Å². The molecule has 4 rings (SSSR count). The van der Waals surface area contributed by atoms with E-state index < -0.39 is 0 Å². The molecule has 1 fully saturated rings. The number of amides is 2. The molecule has 3 aromatic heterocycles. The summed E-state index contributed by atoms with van der Waals surface area (Å²) in [5.74, 6) is 1.29. The maximum Gasteiger partial charge on any atom is 0.273 e. The molecule has 2 amide bonds. The van der Waals surface area contributed by atoms with Crippen molar-refractivity contribution < 1.29 is 14.1 Å². The number of thiophene rings is 1. The number of rotatable bonds is 7. The lowest BCUT2D eigenvalue weighted by atomic mass is 9.78. The van der Waals surface area contributed by atoms with Crippen molar-refractivity contribution in [2.24, 2.45) is 5.92 Å². The first kappa shape index (κ1) is 21.5. The number of hydrogen-bond acceptors (Lipinski definition) is 6. The second-order valence-corrected chi connectivity index (χ2v) is 9.14. The molecule has 2 N–H and O–H groups in total. The first-order chi connectivity index (χ1) is 15.1. The van der Waals surface area contributed by atoms with Gasteiger partial charge in [0.25, 0.3) is 11.8 Å². The maximum atomic E-state index is 12.5. The lowest BCUT2D eigenvalue weighted by Gasteiger charge is -2.29. The molecule has 1 aliphatic rings. The van der Waals surface area contributed by atoms with Crippen LogP contribution in [0, 0.1) is 5.92 Å². The van der Waals surface area contributed by atoms with Gasteiger partial charge in [0.05, 0.1) is 4.88 Å². The van der Waals surface area contributed by atoms with E-state index in [0.29, 0.717) is 24.1 Å². The third-order valence-electron chi connectivity index (χ3n) is 6.03. The number of aromatic nitrogens is 2. The molecule has 1 saturated carbocycles. The molecule has 0 spiro atoms. The second kappa shape index (κ2) is 9.60. The van der Waals surface area contributed by atoms with Crippen molar-refractivity contribution >= 4 is 33.4 Å². The standard InChI is InChI=1S/C23H28N4O3S/c1-3-5-16-12-18(27-30-16)21(28)26-13-14-7-9-15(10-8-14)19-17-6-4-11-25-23(17)31-20(19)22(29)24-2/h4,6,11-12,14-15H,3,5,7-10,13H2,1-2H3,(H,24,29)(H,26,28). The molecule has 3 aromatic rings. The number of carbonyl (C=O) groups excluding carboxylic acids is 2. The zero-order valence-electron chi connectivity index (χ0n) is 17.9. The predicted molar refractivity (Wildman–Crippen MR) is 121 cm³/mol. The maximum absolute atomic E-state index is 12.5. The van der Waals surface area contributed by atoms with Gasteiger partial charge in [-0.25, -0.2) is 4.98 Å². The topological polar surface area (TPSA) is 97.1 Å². The van der Waals surface area contributed by atoms with Gasteiger partial charge in [0.2, 0.25) is 0 Å². The summed E-state index contributed by atoms with van der Waals surface area (Å²) in [5, 5.41) is 10.8. The van der Waals surface area contributed by atoms with Crippen molar-refractivity contribution in [3.05, 3.63) is 46.3 Å². The molecule has 0 saturated heterocycles. The van der Waals surface area contributed by atoms with Crippen molar-refractivity contribution in [2.45, 2.75) is 51.4 Å². The van der Waals surface area contributed by atoms with Gasteiger partial charge in [0, 0.05) is 37.7 Å². The summed E-state index contributed by atoms with van der Waals surface area (Å²) in [6.07, 6.45) is 7.53. The van der Waals surface area contributed by atoms with Crippen LogP contribution in [0.4, 0.5) is 0 Å². The number of pyridine rings is 1. The molecule has 0 aliphatic heterocycles. The highest BCUT2D eigenvalue weighted by molar-refractivity contribution is 7.20. The van der Waals surface area contributed by atoms with Gasteiger partial charge < -0.3 is 15.2 Å². The molecule has 8 heteroatoms. The van der Waals surface area contributed by atoms with Gasteiger partial charge >= 0.3 is 0 Å². The monoisotopic (exact) mass is 440 g/mol. The number of carbonyl (C=O) groups is 2. The largest absolute Gasteiger partial charge is 0.361 e. The Morgan fingerprint density at radius 1 is 1.23 bits per heavy atom. The highest BCUT2D eigenvalue weighted by Gasteiger charge is 2.29. The Labute approximate surface area is 185 Å². The van der Waals surface area contributed by atoms with Gasteiger partial charge in [-0.2, -0.15) is 0 Å². The average molecular weight is 441 g/mol. The molecular formula is C23H28N4O3S. The van der Waals surface area contributed by atoms with Crippen LogP contribution in [0.1, 0.15) is 76.4 Å². The van der Waals surface area contributed by atoms with Crippen molar-refractivity contribution in [1.82, 2.24) is 20.8 Å². The summed E-state index contributed by atoms with van der Waals surface area (Å²) in [7, 11) is 1.67. The Morgan fingerprint density at radius 3 is 2.77 bits per heavy atom. The van der Waals surface area contributed by atoms with E-state index in [0.717, 1.165) is 64.9 Å². The molecule has 0 bridgehead atoms. The van der Waals surface area contributed by atoms with E-state index >= 15 is 0 Å². The van der Waals surface area contributed by atoms with Crippen LogP contribution in [-0.4, -0.2) is 35.5 Å². The minimum absolute atomic E-state index is 0.0394. The van der Waals surface area contributed by atoms with Crippen LogP contribution in [0.25, 0.3) is 10.2 Å². The third-order valence-corrected chi connectivity index (χ3v) is 7.16. The number of nitrogens with one attached hydrogen (secondary N) is 2. The smallest absolute Gasteiger partial charge is 0.273 e. The highest BCUT2D eigenvalue weighted by atomic mass is 32.1. The summed E-state index contributed by atoms with van der Waals surface area (Å²) in [6.45, 7) is 2.70. The molecule has 0 unspecified atom stereocenters. The van der Waals surface area contributed by atoms with Crippen LogP contribution >= 0.6 is 11.3 Å². The Hall–Kier alpha value is -2.74. The van der Waals surface area contributed by atoms with Gasteiger partial charge in [-0.05, 0) is 55.6 Å². The number of aryl methyl sites for hydroxylation is 1. The zero-order valence-corrected chi connectivity index (χ0v) is 18.8. The van der Waals surface area contributed by atoms with Gasteiger partial charge in [0.15, 0.2) is 5.69 Å². The van der Waals surface area contributed by atoms with Gasteiger partial charge in [-0.3, -0.25) is 9.59 Å². The first-order valence-electron chi connectivity index (χ1n) is 10.9. The quantitative estimate of drug-likeness (QED) is 0.571. The SMILES string of the molecule is CCCc1cc(C(=O)NCC2CCC(c3c(C(=O)NC)sc4ncccc34)CC2)no1. The molecular weight excluding hydrogens is 412 g/mol. The molecule has 164 valence electrons. The molecule has 1 aliphatic carbocycles. The third kappa shape index (κ3) is 4.63. The summed E-state index contributed by atoms with van der Waals surface area (Å²) < 4.78 is 5.20. The molecule has 31 heavy (non-hydrogen) atoms. The Bertz CT molecular complexity index is 1070. The number of hydrogen-bond donors (Lipinski definition) is 2. The predicted octanol–water partition coefficient (Wildman–Crippen LogP) is 4.30. The van der Waals surface area contributed by atoms with E-state index in [1.807, 2.05) is 6.07 Å². The molecule has 7 nitrogen and oxygen atoms in total. The van der Waals surface area contributed by atoms with Gasteiger partial charge in [0.1, 0.15) is 10.6 Å². The highest BCUT2D eigenvalue weighted by Crippen LogP contribution is 2.43.